The van der Waals surface area contributed by atoms with Gasteiger partial charge in [0.1, 0.15) is 5.75 Å². The van der Waals surface area contributed by atoms with Crippen molar-refractivity contribution in [3.63, 3.8) is 0 Å². The van der Waals surface area contributed by atoms with Gasteiger partial charge in [-0.25, -0.2) is 0 Å². The Hall–Kier alpha value is -0.290. The maximum absolute atomic E-state index is 11.2. The summed E-state index contributed by atoms with van der Waals surface area (Å²) in [7, 11) is -3.65. The van der Waals surface area contributed by atoms with Crippen LogP contribution in [0.25, 0.3) is 0 Å². The summed E-state index contributed by atoms with van der Waals surface area (Å²) in [6.07, 6.45) is 0.894. The number of benzene rings is 1. The van der Waals surface area contributed by atoms with Gasteiger partial charge in [-0.05, 0) is 30.0 Å². The number of hydrogen-bond acceptors (Lipinski definition) is 3. The van der Waals surface area contributed by atoms with Crippen molar-refractivity contribution in [1.82, 2.24) is 0 Å². The normalized spacial score (nSPS) is 10.8. The summed E-state index contributed by atoms with van der Waals surface area (Å²) in [6, 6.07) is 7.09. The molecule has 0 amide bonds. The molecule has 17 heavy (non-hydrogen) atoms. The van der Waals surface area contributed by atoms with Crippen molar-refractivity contribution in [1.29, 1.82) is 0 Å². The monoisotopic (exact) mass is 264 g/mol. The van der Waals surface area contributed by atoms with Crippen molar-refractivity contribution in [2.45, 2.75) is 20.3 Å². The first-order valence-corrected chi connectivity index (χ1v) is 6.56. The van der Waals surface area contributed by atoms with Gasteiger partial charge in [0.15, 0.2) is 0 Å². The molecule has 5 heteroatoms. The molecule has 0 N–H and O–H groups in total. The van der Waals surface area contributed by atoms with Crippen LogP contribution in [0.3, 0.4) is 0 Å². The third-order valence-electron chi connectivity index (χ3n) is 1.96. The second-order valence-corrected chi connectivity index (χ2v) is 5.47. The molecule has 0 bridgehead atoms. The van der Waals surface area contributed by atoms with Crippen LogP contribution in [-0.2, 0) is 16.5 Å². The SMILES string of the molecule is C=CS(=O)(=O)Oc1cccc(CC(C)C)c1.[NaH]. The van der Waals surface area contributed by atoms with Crippen LogP contribution in [0.5, 0.6) is 5.75 Å². The predicted octanol–water partition coefficient (Wildman–Crippen LogP) is 2.09. The van der Waals surface area contributed by atoms with Gasteiger partial charge in [0, 0.05) is 0 Å². The molecule has 0 saturated carbocycles. The second-order valence-electron chi connectivity index (χ2n) is 3.99. The molecule has 0 aromatic heterocycles. The predicted molar refractivity (Wildman–Crippen MR) is 71.9 cm³/mol. The standard InChI is InChI=1S/C12H16O3S.Na.H/c1-4-16(13,14)15-12-7-5-6-11(9-12)8-10(2)3;;/h4-7,9-10H,1,8H2,2-3H3;;. The molecule has 0 aliphatic carbocycles. The van der Waals surface area contributed by atoms with Crippen molar-refractivity contribution in [3.05, 3.63) is 41.8 Å². The zero-order valence-electron chi connectivity index (χ0n) is 9.51. The van der Waals surface area contributed by atoms with Gasteiger partial charge in [0.25, 0.3) is 0 Å². The van der Waals surface area contributed by atoms with E-state index in [0.29, 0.717) is 11.7 Å². The molecule has 1 aromatic carbocycles. The van der Waals surface area contributed by atoms with Crippen LogP contribution in [0.1, 0.15) is 19.4 Å². The van der Waals surface area contributed by atoms with Crippen LogP contribution < -0.4 is 4.18 Å². The van der Waals surface area contributed by atoms with Gasteiger partial charge in [-0.2, -0.15) is 8.42 Å². The second kappa shape index (κ2) is 7.21. The molecule has 1 aromatic rings. The summed E-state index contributed by atoms with van der Waals surface area (Å²) in [5.41, 5.74) is 1.06. The number of hydrogen-bond donors (Lipinski definition) is 0. The van der Waals surface area contributed by atoms with Gasteiger partial charge in [0.2, 0.25) is 0 Å². The minimum absolute atomic E-state index is 0. The molecular weight excluding hydrogens is 247 g/mol. The summed E-state index contributed by atoms with van der Waals surface area (Å²) in [6.45, 7) is 7.40. The molecule has 0 fully saturated rings. The van der Waals surface area contributed by atoms with E-state index in [4.69, 9.17) is 4.18 Å². The van der Waals surface area contributed by atoms with Crippen molar-refractivity contribution in [2.75, 3.05) is 0 Å². The van der Waals surface area contributed by atoms with Crippen LogP contribution >= 0.6 is 0 Å². The van der Waals surface area contributed by atoms with Crippen molar-refractivity contribution in [2.24, 2.45) is 5.92 Å². The third kappa shape index (κ3) is 6.27. The zero-order chi connectivity index (χ0) is 12.2. The topological polar surface area (TPSA) is 43.4 Å². The van der Waals surface area contributed by atoms with E-state index >= 15 is 0 Å². The number of rotatable bonds is 5. The Kier molecular flexibility index (Phi) is 7.09. The fourth-order valence-electron chi connectivity index (χ4n) is 1.36. The molecule has 0 heterocycles. The molecule has 0 saturated heterocycles. The van der Waals surface area contributed by atoms with E-state index in [1.807, 2.05) is 6.07 Å². The van der Waals surface area contributed by atoms with E-state index in [1.165, 1.54) is 0 Å². The van der Waals surface area contributed by atoms with Gasteiger partial charge in [0.05, 0.1) is 5.41 Å². The van der Waals surface area contributed by atoms with E-state index in [9.17, 15) is 8.42 Å². The van der Waals surface area contributed by atoms with Gasteiger partial charge >= 0.3 is 39.7 Å². The first-order valence-electron chi connectivity index (χ1n) is 5.09. The first kappa shape index (κ1) is 16.7. The molecule has 0 spiro atoms. The van der Waals surface area contributed by atoms with Crippen LogP contribution in [0.15, 0.2) is 36.3 Å². The van der Waals surface area contributed by atoms with Crippen LogP contribution in [0.4, 0.5) is 0 Å². The molecule has 90 valence electrons. The van der Waals surface area contributed by atoms with Crippen molar-refractivity contribution in [3.8, 4) is 5.75 Å². The summed E-state index contributed by atoms with van der Waals surface area (Å²) in [5.74, 6) is 0.851. The van der Waals surface area contributed by atoms with E-state index < -0.39 is 10.1 Å². The third-order valence-corrected chi connectivity index (χ3v) is 2.79. The molecule has 0 radical (unpaired) electrons. The average molecular weight is 264 g/mol. The Balaban J connectivity index is 0.00000256. The maximum atomic E-state index is 11.2. The van der Waals surface area contributed by atoms with E-state index in [0.717, 1.165) is 17.4 Å². The van der Waals surface area contributed by atoms with Crippen molar-refractivity contribution < 1.29 is 12.6 Å². The quantitative estimate of drug-likeness (QED) is 0.604. The Morgan fingerprint density at radius 3 is 2.59 bits per heavy atom. The summed E-state index contributed by atoms with van der Waals surface area (Å²) < 4.78 is 27.2. The molecular formula is C12H17NaO3S. The van der Waals surface area contributed by atoms with Crippen LogP contribution in [0.2, 0.25) is 0 Å². The average Bonchev–Trinajstić information content (AvgIpc) is 2.16. The Labute approximate surface area is 125 Å². The Morgan fingerprint density at radius 1 is 1.41 bits per heavy atom. The van der Waals surface area contributed by atoms with Gasteiger partial charge in [-0.1, -0.05) is 32.6 Å². The van der Waals surface area contributed by atoms with Gasteiger partial charge in [-0.15, -0.1) is 0 Å². The molecule has 3 nitrogen and oxygen atoms in total. The minimum atomic E-state index is -3.65. The molecule has 0 aliphatic rings. The van der Waals surface area contributed by atoms with Crippen LogP contribution in [0, 0.1) is 5.92 Å². The van der Waals surface area contributed by atoms with Gasteiger partial charge in [-0.3, -0.25) is 0 Å². The Bertz CT molecular complexity index is 466. The first-order chi connectivity index (χ1) is 7.43. The summed E-state index contributed by atoms with van der Waals surface area (Å²) in [4.78, 5) is 0. The molecule has 0 atom stereocenters. The molecule has 0 unspecified atom stereocenters. The van der Waals surface area contributed by atoms with E-state index in [2.05, 4.69) is 20.4 Å². The van der Waals surface area contributed by atoms with Gasteiger partial charge < -0.3 is 4.18 Å². The zero-order valence-corrected chi connectivity index (χ0v) is 10.3. The summed E-state index contributed by atoms with van der Waals surface area (Å²) >= 11 is 0. The fraction of sp³-hybridized carbons (Fsp3) is 0.333. The Morgan fingerprint density at radius 2 is 2.06 bits per heavy atom. The fourth-order valence-corrected chi connectivity index (χ4v) is 1.80. The van der Waals surface area contributed by atoms with Crippen molar-refractivity contribution >= 4 is 39.7 Å². The van der Waals surface area contributed by atoms with Crippen LogP contribution in [-0.4, -0.2) is 38.0 Å². The molecule has 0 aliphatic heterocycles. The van der Waals surface area contributed by atoms with E-state index in [1.54, 1.807) is 18.2 Å². The summed E-state index contributed by atoms with van der Waals surface area (Å²) in [5, 5.41) is 0.794. The van der Waals surface area contributed by atoms with E-state index in [-0.39, 0.29) is 29.6 Å². The molecule has 1 rings (SSSR count).